The van der Waals surface area contributed by atoms with E-state index in [1.54, 1.807) is 19.1 Å². The number of rotatable bonds is 2. The van der Waals surface area contributed by atoms with Gasteiger partial charge in [0.15, 0.2) is 5.78 Å². The Morgan fingerprint density at radius 2 is 1.65 bits per heavy atom. The highest BCUT2D eigenvalue weighted by Gasteiger charge is 2.12. The molecular formula is C16H17NO3. The first-order valence-electron chi connectivity index (χ1n) is 6.19. The van der Waals surface area contributed by atoms with Crippen LogP contribution in [-0.2, 0) is 0 Å². The Balaban J connectivity index is 0.000000240. The molecule has 2 aromatic carbocycles. The zero-order chi connectivity index (χ0) is 15.1. The van der Waals surface area contributed by atoms with Gasteiger partial charge in [0.1, 0.15) is 0 Å². The largest absolute Gasteiger partial charge is 0.295 e. The van der Waals surface area contributed by atoms with Crippen LogP contribution in [0.5, 0.6) is 0 Å². The molecule has 2 rings (SSSR count). The summed E-state index contributed by atoms with van der Waals surface area (Å²) in [7, 11) is 0. The van der Waals surface area contributed by atoms with Gasteiger partial charge in [0.25, 0.3) is 5.69 Å². The van der Waals surface area contributed by atoms with Crippen molar-refractivity contribution < 1.29 is 9.72 Å². The lowest BCUT2D eigenvalue weighted by atomic mass is 10.1. The Labute approximate surface area is 118 Å². The predicted molar refractivity (Wildman–Crippen MR) is 79.0 cm³/mol. The van der Waals surface area contributed by atoms with Crippen molar-refractivity contribution in [2.45, 2.75) is 20.8 Å². The van der Waals surface area contributed by atoms with E-state index in [0.29, 0.717) is 11.1 Å². The first kappa shape index (κ1) is 15.6. The number of carbonyl (C=O) groups excluding carboxylic acids is 1. The molecular weight excluding hydrogens is 254 g/mol. The molecule has 0 aromatic heterocycles. The van der Waals surface area contributed by atoms with Gasteiger partial charge >= 0.3 is 0 Å². The van der Waals surface area contributed by atoms with Crippen molar-refractivity contribution in [3.05, 3.63) is 75.3 Å². The fraction of sp³-hybridized carbons (Fsp3) is 0.188. The molecule has 4 heteroatoms. The van der Waals surface area contributed by atoms with Gasteiger partial charge in [-0.3, -0.25) is 14.9 Å². The van der Waals surface area contributed by atoms with Gasteiger partial charge < -0.3 is 0 Å². The molecule has 0 N–H and O–H groups in total. The van der Waals surface area contributed by atoms with E-state index < -0.39 is 4.92 Å². The fourth-order valence-corrected chi connectivity index (χ4v) is 1.56. The van der Waals surface area contributed by atoms with E-state index in [2.05, 4.69) is 19.1 Å². The zero-order valence-corrected chi connectivity index (χ0v) is 11.8. The van der Waals surface area contributed by atoms with Gasteiger partial charge in [0.2, 0.25) is 0 Å². The first-order valence-corrected chi connectivity index (χ1v) is 6.19. The van der Waals surface area contributed by atoms with Crippen molar-refractivity contribution >= 4 is 11.5 Å². The maximum atomic E-state index is 10.9. The molecule has 0 spiro atoms. The third-order valence-electron chi connectivity index (χ3n) is 2.75. The molecule has 0 bridgehead atoms. The van der Waals surface area contributed by atoms with Crippen molar-refractivity contribution in [1.82, 2.24) is 0 Å². The Morgan fingerprint density at radius 3 is 2.05 bits per heavy atom. The Hall–Kier alpha value is -2.49. The van der Waals surface area contributed by atoms with Gasteiger partial charge in [-0.15, -0.1) is 0 Å². The zero-order valence-electron chi connectivity index (χ0n) is 11.8. The van der Waals surface area contributed by atoms with Crippen LogP contribution in [0.25, 0.3) is 0 Å². The summed E-state index contributed by atoms with van der Waals surface area (Å²) >= 11 is 0. The van der Waals surface area contributed by atoms with Crippen LogP contribution in [0.15, 0.2) is 48.5 Å². The highest BCUT2D eigenvalue weighted by atomic mass is 16.6. The second-order valence-electron chi connectivity index (χ2n) is 4.47. The highest BCUT2D eigenvalue weighted by Crippen LogP contribution is 2.19. The summed E-state index contributed by atoms with van der Waals surface area (Å²) in [4.78, 5) is 20.9. The minimum atomic E-state index is -0.484. The number of benzene rings is 2. The van der Waals surface area contributed by atoms with Crippen molar-refractivity contribution in [2.24, 2.45) is 0 Å². The maximum Gasteiger partial charge on any atom is 0.273 e. The SMILES string of the molecule is CC(=O)c1ccc(C)c([N+](=O)[O-])c1.Cc1ccccc1. The number of carbonyl (C=O) groups is 1. The van der Waals surface area contributed by atoms with Crippen molar-refractivity contribution in [3.63, 3.8) is 0 Å². The normalized spacial score (nSPS) is 9.35. The van der Waals surface area contributed by atoms with Crippen LogP contribution in [0.4, 0.5) is 5.69 Å². The minimum Gasteiger partial charge on any atom is -0.295 e. The van der Waals surface area contributed by atoms with Crippen LogP contribution >= 0.6 is 0 Å². The fourth-order valence-electron chi connectivity index (χ4n) is 1.56. The molecule has 0 unspecified atom stereocenters. The predicted octanol–water partition coefficient (Wildman–Crippen LogP) is 4.10. The van der Waals surface area contributed by atoms with Gasteiger partial charge in [-0.05, 0) is 20.8 Å². The number of ketones is 1. The summed E-state index contributed by atoms with van der Waals surface area (Å²) in [5.41, 5.74) is 2.25. The molecule has 0 atom stereocenters. The molecule has 0 aliphatic carbocycles. The monoisotopic (exact) mass is 271 g/mol. The molecule has 20 heavy (non-hydrogen) atoms. The molecule has 0 heterocycles. The molecule has 2 aromatic rings. The van der Waals surface area contributed by atoms with Crippen molar-refractivity contribution in [1.29, 1.82) is 0 Å². The van der Waals surface area contributed by atoms with Gasteiger partial charge in [-0.1, -0.05) is 48.0 Å². The lowest BCUT2D eigenvalue weighted by Crippen LogP contribution is -1.96. The van der Waals surface area contributed by atoms with Gasteiger partial charge in [0, 0.05) is 17.2 Å². The van der Waals surface area contributed by atoms with E-state index in [0.717, 1.165) is 0 Å². The quantitative estimate of drug-likeness (QED) is 0.469. The molecule has 0 amide bonds. The number of Topliss-reactive ketones (excluding diaryl/α,β-unsaturated/α-hetero) is 1. The first-order chi connectivity index (χ1) is 9.41. The standard InChI is InChI=1S/C9H9NO3.C7H8/c1-6-3-4-8(7(2)11)5-9(6)10(12)13;1-7-5-3-2-4-6-7/h3-5H,1-2H3;2-6H,1H3. The topological polar surface area (TPSA) is 60.2 Å². The molecule has 0 fully saturated rings. The van der Waals surface area contributed by atoms with E-state index in [9.17, 15) is 14.9 Å². The maximum absolute atomic E-state index is 10.9. The van der Waals surface area contributed by atoms with E-state index >= 15 is 0 Å². The summed E-state index contributed by atoms with van der Waals surface area (Å²) in [6.07, 6.45) is 0. The highest BCUT2D eigenvalue weighted by molar-refractivity contribution is 5.94. The van der Waals surface area contributed by atoms with E-state index in [-0.39, 0.29) is 11.5 Å². The van der Waals surface area contributed by atoms with Crippen LogP contribution in [0.1, 0.15) is 28.4 Å². The van der Waals surface area contributed by atoms with Crippen LogP contribution in [0, 0.1) is 24.0 Å². The third kappa shape index (κ3) is 4.65. The number of nitrogens with zero attached hydrogens (tertiary/aromatic N) is 1. The van der Waals surface area contributed by atoms with Crippen LogP contribution in [-0.4, -0.2) is 10.7 Å². The molecule has 104 valence electrons. The number of hydrogen-bond acceptors (Lipinski definition) is 3. The summed E-state index contributed by atoms with van der Waals surface area (Å²) < 4.78 is 0. The lowest BCUT2D eigenvalue weighted by molar-refractivity contribution is -0.385. The number of hydrogen-bond donors (Lipinski definition) is 0. The summed E-state index contributed by atoms with van der Waals surface area (Å²) in [6, 6.07) is 14.7. The number of aryl methyl sites for hydroxylation is 2. The molecule has 0 aliphatic heterocycles. The second kappa shape index (κ2) is 7.19. The average molecular weight is 271 g/mol. The van der Waals surface area contributed by atoms with Gasteiger partial charge in [0.05, 0.1) is 4.92 Å². The summed E-state index contributed by atoms with van der Waals surface area (Å²) in [5.74, 6) is -0.164. The van der Waals surface area contributed by atoms with E-state index in [1.165, 1.54) is 18.6 Å². The summed E-state index contributed by atoms with van der Waals surface area (Å²) in [6.45, 7) is 5.11. The van der Waals surface area contributed by atoms with Crippen LogP contribution < -0.4 is 0 Å². The molecule has 0 radical (unpaired) electrons. The summed E-state index contributed by atoms with van der Waals surface area (Å²) in [5, 5.41) is 10.5. The Kier molecular flexibility index (Phi) is 5.59. The van der Waals surface area contributed by atoms with E-state index in [4.69, 9.17) is 0 Å². The van der Waals surface area contributed by atoms with E-state index in [1.807, 2.05) is 18.2 Å². The molecule has 4 nitrogen and oxygen atoms in total. The van der Waals surface area contributed by atoms with Gasteiger partial charge in [-0.2, -0.15) is 0 Å². The van der Waals surface area contributed by atoms with Crippen LogP contribution in [0.3, 0.4) is 0 Å². The molecule has 0 aliphatic rings. The lowest BCUT2D eigenvalue weighted by Gasteiger charge is -1.98. The smallest absolute Gasteiger partial charge is 0.273 e. The average Bonchev–Trinajstić information content (AvgIpc) is 2.40. The van der Waals surface area contributed by atoms with Gasteiger partial charge in [-0.25, -0.2) is 0 Å². The minimum absolute atomic E-state index is 0.00676. The molecule has 0 saturated heterocycles. The number of nitro groups is 1. The Bertz CT molecular complexity index is 606. The third-order valence-corrected chi connectivity index (χ3v) is 2.75. The van der Waals surface area contributed by atoms with Crippen molar-refractivity contribution in [2.75, 3.05) is 0 Å². The Morgan fingerprint density at radius 1 is 1.05 bits per heavy atom. The second-order valence-corrected chi connectivity index (χ2v) is 4.47. The molecule has 0 saturated carbocycles. The number of nitro benzene ring substituents is 1. The van der Waals surface area contributed by atoms with Crippen LogP contribution in [0.2, 0.25) is 0 Å². The van der Waals surface area contributed by atoms with Crippen molar-refractivity contribution in [3.8, 4) is 0 Å².